The average molecular weight is 359 g/mol. The van der Waals surface area contributed by atoms with E-state index in [9.17, 15) is 9.90 Å². The number of hydrogen-bond acceptors (Lipinski definition) is 2. The monoisotopic (exact) mass is 358 g/mol. The Hall–Kier alpha value is -0.630. The van der Waals surface area contributed by atoms with Crippen molar-refractivity contribution in [1.82, 2.24) is 0 Å². The summed E-state index contributed by atoms with van der Waals surface area (Å²) in [7, 11) is 0. The lowest BCUT2D eigenvalue weighted by Gasteiger charge is -2.61. The number of ketones is 1. The molecule has 0 heterocycles. The van der Waals surface area contributed by atoms with E-state index in [1.165, 1.54) is 32.1 Å². The molecule has 0 aromatic rings. The van der Waals surface area contributed by atoms with Crippen LogP contribution in [0.4, 0.5) is 0 Å². The van der Waals surface area contributed by atoms with Crippen molar-refractivity contribution in [3.05, 3.63) is 12.2 Å². The minimum Gasteiger partial charge on any atom is -0.393 e. The number of aliphatic hydroxyl groups is 1. The van der Waals surface area contributed by atoms with E-state index in [0.717, 1.165) is 37.0 Å². The van der Waals surface area contributed by atoms with E-state index in [0.29, 0.717) is 29.0 Å². The summed E-state index contributed by atoms with van der Waals surface area (Å²) in [6.07, 6.45) is 13.9. The van der Waals surface area contributed by atoms with E-state index in [4.69, 9.17) is 0 Å². The second kappa shape index (κ2) is 6.47. The summed E-state index contributed by atoms with van der Waals surface area (Å²) in [4.78, 5) is 12.3. The molecule has 4 fully saturated rings. The van der Waals surface area contributed by atoms with Crippen LogP contribution in [0.1, 0.15) is 79.1 Å². The van der Waals surface area contributed by atoms with Gasteiger partial charge in [0.25, 0.3) is 0 Å². The van der Waals surface area contributed by atoms with Gasteiger partial charge in [0.1, 0.15) is 5.78 Å². The van der Waals surface area contributed by atoms with Gasteiger partial charge in [0.2, 0.25) is 0 Å². The van der Waals surface area contributed by atoms with Gasteiger partial charge in [-0.05, 0) is 99.7 Å². The van der Waals surface area contributed by atoms with E-state index >= 15 is 0 Å². The number of aliphatic hydroxyl groups excluding tert-OH is 1. The zero-order chi connectivity index (χ0) is 18.7. The average Bonchev–Trinajstić information content (AvgIpc) is 2.94. The van der Waals surface area contributed by atoms with Gasteiger partial charge in [0.05, 0.1) is 6.10 Å². The summed E-state index contributed by atoms with van der Waals surface area (Å²) < 4.78 is 0. The Balaban J connectivity index is 1.62. The third kappa shape index (κ3) is 2.58. The first-order valence-electron chi connectivity index (χ1n) is 11.1. The van der Waals surface area contributed by atoms with E-state index in [-0.39, 0.29) is 11.5 Å². The fourth-order valence-electron chi connectivity index (χ4n) is 8.46. The highest BCUT2D eigenvalue weighted by atomic mass is 16.3. The molecule has 1 N–H and O–H groups in total. The van der Waals surface area contributed by atoms with Crippen LogP contribution in [0, 0.1) is 46.3 Å². The number of rotatable bonds is 2. The third-order valence-corrected chi connectivity index (χ3v) is 9.69. The Morgan fingerprint density at radius 3 is 2.46 bits per heavy atom. The molecule has 4 aliphatic rings. The Morgan fingerprint density at radius 2 is 1.77 bits per heavy atom. The maximum Gasteiger partial charge on any atom is 0.133 e. The molecule has 26 heavy (non-hydrogen) atoms. The lowest BCUT2D eigenvalue weighted by molar-refractivity contribution is -0.143. The minimum absolute atomic E-state index is 0.150. The van der Waals surface area contributed by atoms with Gasteiger partial charge < -0.3 is 5.11 Å². The molecule has 0 saturated heterocycles. The van der Waals surface area contributed by atoms with Crippen molar-refractivity contribution in [1.29, 1.82) is 0 Å². The molecule has 0 amide bonds. The van der Waals surface area contributed by atoms with E-state index < -0.39 is 0 Å². The summed E-state index contributed by atoms with van der Waals surface area (Å²) in [5.74, 6) is 4.12. The lowest BCUT2D eigenvalue weighted by Crippen LogP contribution is -2.55. The number of Topliss-reactive ketones (excluding diaryl/α,β-unsaturated/α-hetero) is 1. The number of hydrogen-bond donors (Lipinski definition) is 1. The van der Waals surface area contributed by atoms with Gasteiger partial charge in [-0.1, -0.05) is 26.0 Å². The molecular formula is C24H38O2. The molecule has 4 aliphatic carbocycles. The maximum atomic E-state index is 12.3. The van der Waals surface area contributed by atoms with Crippen LogP contribution in [-0.4, -0.2) is 17.0 Å². The lowest BCUT2D eigenvalue weighted by atomic mass is 9.43. The molecule has 9 atom stereocenters. The molecule has 0 aliphatic heterocycles. The molecule has 4 rings (SSSR count). The molecule has 0 radical (unpaired) electrons. The molecule has 0 aromatic heterocycles. The summed E-state index contributed by atoms with van der Waals surface area (Å²) in [5.41, 5.74) is 0.634. The van der Waals surface area contributed by atoms with Crippen LogP contribution in [0.15, 0.2) is 12.2 Å². The van der Waals surface area contributed by atoms with Crippen molar-refractivity contribution in [3.63, 3.8) is 0 Å². The summed E-state index contributed by atoms with van der Waals surface area (Å²) in [6, 6.07) is 0. The highest BCUT2D eigenvalue weighted by Crippen LogP contribution is 2.67. The highest BCUT2D eigenvalue weighted by molar-refractivity contribution is 5.79. The predicted octanol–water partition coefficient (Wildman–Crippen LogP) is 5.40. The van der Waals surface area contributed by atoms with Crippen LogP contribution in [0.5, 0.6) is 0 Å². The smallest absolute Gasteiger partial charge is 0.133 e. The zero-order valence-electron chi connectivity index (χ0n) is 17.2. The third-order valence-electron chi connectivity index (χ3n) is 9.69. The predicted molar refractivity (Wildman–Crippen MR) is 106 cm³/mol. The number of carbonyl (C=O) groups is 1. The Morgan fingerprint density at radius 1 is 1.04 bits per heavy atom. The van der Waals surface area contributed by atoms with Crippen molar-refractivity contribution in [3.8, 4) is 0 Å². The molecule has 3 unspecified atom stereocenters. The fourth-order valence-corrected chi connectivity index (χ4v) is 8.46. The van der Waals surface area contributed by atoms with E-state index in [1.54, 1.807) is 0 Å². The Bertz CT molecular complexity index is 595. The van der Waals surface area contributed by atoms with Gasteiger partial charge in [-0.15, -0.1) is 0 Å². The maximum absolute atomic E-state index is 12.3. The normalized spacial score (nSPS) is 53.8. The molecule has 4 saturated carbocycles. The van der Waals surface area contributed by atoms with Gasteiger partial charge in [-0.3, -0.25) is 4.79 Å². The highest BCUT2D eigenvalue weighted by Gasteiger charge is 2.61. The van der Waals surface area contributed by atoms with E-state index in [2.05, 4.69) is 32.9 Å². The second-order valence-electron chi connectivity index (χ2n) is 10.6. The van der Waals surface area contributed by atoms with Crippen LogP contribution in [0.25, 0.3) is 0 Å². The molecule has 146 valence electrons. The SMILES string of the molecule is CC=CC1C[C@@]2(C)C(CC[C@H]3[C@@H]4CC[C@H](C(C)=O)[C@@]4(C)CC[C@@H]32)CC1O. The van der Waals surface area contributed by atoms with Crippen molar-refractivity contribution < 1.29 is 9.90 Å². The first-order valence-corrected chi connectivity index (χ1v) is 11.1. The molecule has 0 bridgehead atoms. The van der Waals surface area contributed by atoms with Gasteiger partial charge in [0, 0.05) is 11.8 Å². The topological polar surface area (TPSA) is 37.3 Å². The molecule has 2 heteroatoms. The number of allylic oxidation sites excluding steroid dienone is 1. The van der Waals surface area contributed by atoms with Crippen LogP contribution < -0.4 is 0 Å². The Kier molecular flexibility index (Phi) is 4.66. The molecule has 0 spiro atoms. The summed E-state index contributed by atoms with van der Waals surface area (Å²) >= 11 is 0. The number of fused-ring (bicyclic) bond motifs is 5. The largest absolute Gasteiger partial charge is 0.393 e. The quantitative estimate of drug-likeness (QED) is 0.671. The van der Waals surface area contributed by atoms with Gasteiger partial charge in [-0.25, -0.2) is 0 Å². The van der Waals surface area contributed by atoms with Crippen LogP contribution in [-0.2, 0) is 4.79 Å². The van der Waals surface area contributed by atoms with Crippen LogP contribution >= 0.6 is 0 Å². The van der Waals surface area contributed by atoms with Crippen molar-refractivity contribution in [2.45, 2.75) is 85.2 Å². The van der Waals surface area contributed by atoms with Crippen molar-refractivity contribution in [2.75, 3.05) is 0 Å². The number of carbonyl (C=O) groups excluding carboxylic acids is 1. The summed E-state index contributed by atoms with van der Waals surface area (Å²) in [6.45, 7) is 8.90. The standard InChI is InChI=1S/C24H38O2/c1-5-6-16-14-24(4)17(13-22(16)26)7-8-18-20-10-9-19(15(2)25)23(20,3)12-11-21(18)24/h5-6,16-22,26H,7-14H2,1-4H3/t16?,17?,18-,19+,20-,21-,22?,23+,24-/m0/s1. The van der Waals surface area contributed by atoms with Crippen molar-refractivity contribution >= 4 is 5.78 Å². The van der Waals surface area contributed by atoms with Crippen LogP contribution in [0.2, 0.25) is 0 Å². The van der Waals surface area contributed by atoms with Gasteiger partial charge in [0.15, 0.2) is 0 Å². The summed E-state index contributed by atoms with van der Waals surface area (Å²) in [5, 5.41) is 10.6. The Labute approximate surface area is 159 Å². The van der Waals surface area contributed by atoms with E-state index in [1.807, 2.05) is 6.92 Å². The van der Waals surface area contributed by atoms with Crippen LogP contribution in [0.3, 0.4) is 0 Å². The first-order chi connectivity index (χ1) is 12.3. The molecule has 0 aromatic carbocycles. The first kappa shape index (κ1) is 18.7. The van der Waals surface area contributed by atoms with Gasteiger partial charge >= 0.3 is 0 Å². The van der Waals surface area contributed by atoms with Crippen molar-refractivity contribution in [2.24, 2.45) is 46.3 Å². The second-order valence-corrected chi connectivity index (χ2v) is 10.6. The van der Waals surface area contributed by atoms with Gasteiger partial charge in [-0.2, -0.15) is 0 Å². The zero-order valence-corrected chi connectivity index (χ0v) is 17.2. The molecular weight excluding hydrogens is 320 g/mol. The minimum atomic E-state index is -0.150. The molecule has 2 nitrogen and oxygen atoms in total. The fraction of sp³-hybridized carbons (Fsp3) is 0.875.